The Labute approximate surface area is 225 Å². The van der Waals surface area contributed by atoms with E-state index in [4.69, 9.17) is 0 Å². The Hall–Kier alpha value is -3.46. The van der Waals surface area contributed by atoms with Crippen molar-refractivity contribution in [3.05, 3.63) is 123 Å². The van der Waals surface area contributed by atoms with Gasteiger partial charge < -0.3 is 10.6 Å². The maximum absolute atomic E-state index is 13.1. The summed E-state index contributed by atoms with van der Waals surface area (Å²) in [6, 6.07) is 25.1. The molecule has 0 aliphatic heterocycles. The topological polar surface area (TPSA) is 75.3 Å². The van der Waals surface area contributed by atoms with Gasteiger partial charge in [0, 0.05) is 26.2 Å². The van der Waals surface area contributed by atoms with Crippen LogP contribution in [0.3, 0.4) is 0 Å². The molecule has 8 heteroatoms. The molecule has 0 atom stereocenters. The van der Waals surface area contributed by atoms with E-state index >= 15 is 0 Å². The first kappa shape index (κ1) is 25.6. The summed E-state index contributed by atoms with van der Waals surface area (Å²) in [5.74, 6) is -0.525. The quantitative estimate of drug-likeness (QED) is 0.129. The van der Waals surface area contributed by atoms with Crippen LogP contribution in [0, 0.1) is 0 Å². The molecule has 2 amide bonds. The lowest BCUT2D eigenvalue weighted by molar-refractivity contribution is -0.113. The number of ketones is 1. The number of benzene rings is 3. The number of carbonyl (C=O) groups is 3. The fraction of sp³-hybridized carbons (Fsp3) is 0.0357. The average molecular weight is 578 g/mol. The molecule has 1 heterocycles. The summed E-state index contributed by atoms with van der Waals surface area (Å²) >= 11 is 6.26. The van der Waals surface area contributed by atoms with Crippen molar-refractivity contribution >= 4 is 68.4 Å². The van der Waals surface area contributed by atoms with Gasteiger partial charge in [-0.2, -0.15) is 11.3 Å². The third-order valence-corrected chi connectivity index (χ3v) is 7.23. The van der Waals surface area contributed by atoms with Crippen LogP contribution in [0.1, 0.15) is 26.3 Å². The monoisotopic (exact) mass is 576 g/mol. The Morgan fingerprint density at radius 3 is 2.39 bits per heavy atom. The lowest BCUT2D eigenvalue weighted by Crippen LogP contribution is -2.30. The minimum Gasteiger partial charge on any atom is -0.321 e. The number of nitrogens with one attached hydrogen (secondary N) is 2. The second-order valence-electron chi connectivity index (χ2n) is 7.64. The van der Waals surface area contributed by atoms with Crippen molar-refractivity contribution in [1.82, 2.24) is 5.32 Å². The van der Waals surface area contributed by atoms with Gasteiger partial charge in [0.1, 0.15) is 5.70 Å². The van der Waals surface area contributed by atoms with Crippen molar-refractivity contribution in [3.63, 3.8) is 0 Å². The molecule has 0 saturated heterocycles. The third-order valence-electron chi connectivity index (χ3n) is 5.01. The highest BCUT2D eigenvalue weighted by molar-refractivity contribution is 9.10. The number of Topliss-reactive ketones (excluding diaryl/α,β-unsaturated/α-hetero) is 1. The molecule has 0 spiro atoms. The van der Waals surface area contributed by atoms with Gasteiger partial charge in [-0.1, -0.05) is 52.3 Å². The molecule has 5 nitrogen and oxygen atoms in total. The summed E-state index contributed by atoms with van der Waals surface area (Å²) in [6.07, 6.45) is 1.64. The van der Waals surface area contributed by atoms with Crippen LogP contribution < -0.4 is 10.6 Å². The Bertz CT molecular complexity index is 1390. The maximum Gasteiger partial charge on any atom is 0.272 e. The van der Waals surface area contributed by atoms with Gasteiger partial charge in [-0.3, -0.25) is 14.4 Å². The summed E-state index contributed by atoms with van der Waals surface area (Å²) in [5, 5.41) is 9.38. The highest BCUT2D eigenvalue weighted by Gasteiger charge is 2.15. The standard InChI is InChI=1S/C28H21BrN2O3S2/c29-22-11-9-20(10-12-22)26(32)18-36-24-8-4-7-23(16-24)30-28(34)25(15-19-13-14-35-17-19)31-27(33)21-5-2-1-3-6-21/h1-17H,18H2,(H,30,34)(H,31,33)/b25-15-. The van der Waals surface area contributed by atoms with Crippen LogP contribution >= 0.6 is 39.0 Å². The van der Waals surface area contributed by atoms with Crippen LogP contribution in [0.4, 0.5) is 5.69 Å². The van der Waals surface area contributed by atoms with Gasteiger partial charge in [-0.05, 0) is 70.9 Å². The van der Waals surface area contributed by atoms with Gasteiger partial charge in [-0.25, -0.2) is 0 Å². The fourth-order valence-corrected chi connectivity index (χ4v) is 4.93. The minimum absolute atomic E-state index is 0.0199. The Morgan fingerprint density at radius 2 is 1.67 bits per heavy atom. The Balaban J connectivity index is 1.44. The molecule has 36 heavy (non-hydrogen) atoms. The minimum atomic E-state index is -0.446. The molecule has 0 fully saturated rings. The van der Waals surface area contributed by atoms with E-state index in [1.807, 2.05) is 47.2 Å². The van der Waals surface area contributed by atoms with Gasteiger partial charge in [0.05, 0.1) is 5.75 Å². The van der Waals surface area contributed by atoms with Crippen molar-refractivity contribution in [2.24, 2.45) is 0 Å². The van der Waals surface area contributed by atoms with Crippen molar-refractivity contribution < 1.29 is 14.4 Å². The molecule has 1 aromatic heterocycles. The average Bonchev–Trinajstić information content (AvgIpc) is 3.41. The van der Waals surface area contributed by atoms with Gasteiger partial charge >= 0.3 is 0 Å². The number of thioether (sulfide) groups is 1. The summed E-state index contributed by atoms with van der Waals surface area (Å²) in [4.78, 5) is 39.2. The first-order chi connectivity index (χ1) is 17.5. The molecule has 180 valence electrons. The van der Waals surface area contributed by atoms with Crippen molar-refractivity contribution in [2.45, 2.75) is 4.90 Å². The molecule has 4 aromatic rings. The van der Waals surface area contributed by atoms with E-state index in [1.165, 1.54) is 23.1 Å². The molecular formula is C28H21BrN2O3S2. The van der Waals surface area contributed by atoms with Gasteiger partial charge in [-0.15, -0.1) is 11.8 Å². The zero-order valence-corrected chi connectivity index (χ0v) is 22.2. The van der Waals surface area contributed by atoms with E-state index in [0.29, 0.717) is 16.8 Å². The van der Waals surface area contributed by atoms with Gasteiger partial charge in [0.15, 0.2) is 5.78 Å². The lowest BCUT2D eigenvalue weighted by Gasteiger charge is -2.12. The normalized spacial score (nSPS) is 11.1. The molecule has 0 unspecified atom stereocenters. The van der Waals surface area contributed by atoms with Crippen LogP contribution in [0.2, 0.25) is 0 Å². The summed E-state index contributed by atoms with van der Waals surface area (Å²) in [7, 11) is 0. The number of thiophene rings is 1. The first-order valence-electron chi connectivity index (χ1n) is 10.9. The van der Waals surface area contributed by atoms with Crippen molar-refractivity contribution in [2.75, 3.05) is 11.1 Å². The van der Waals surface area contributed by atoms with Crippen LogP contribution in [0.5, 0.6) is 0 Å². The number of carbonyl (C=O) groups excluding carboxylic acids is 3. The van der Waals surface area contributed by atoms with Crippen molar-refractivity contribution in [3.8, 4) is 0 Å². The van der Waals surface area contributed by atoms with Crippen molar-refractivity contribution in [1.29, 1.82) is 0 Å². The Morgan fingerprint density at radius 1 is 0.889 bits per heavy atom. The van der Waals surface area contributed by atoms with Crippen LogP contribution in [0.15, 0.2) is 111 Å². The van der Waals surface area contributed by atoms with Crippen LogP contribution in [-0.4, -0.2) is 23.4 Å². The zero-order chi connectivity index (χ0) is 25.3. The summed E-state index contributed by atoms with van der Waals surface area (Å²) in [6.45, 7) is 0. The van der Waals surface area contributed by atoms with Crippen LogP contribution in [-0.2, 0) is 4.79 Å². The summed E-state index contributed by atoms with van der Waals surface area (Å²) in [5.41, 5.74) is 2.61. The van der Waals surface area contributed by atoms with E-state index < -0.39 is 5.91 Å². The largest absolute Gasteiger partial charge is 0.321 e. The Kier molecular flexibility index (Phi) is 8.89. The second kappa shape index (κ2) is 12.5. The molecule has 0 radical (unpaired) electrons. The number of hydrogen-bond acceptors (Lipinski definition) is 5. The predicted octanol–water partition coefficient (Wildman–Crippen LogP) is 6.90. The molecule has 2 N–H and O–H groups in total. The van der Waals surface area contributed by atoms with E-state index in [9.17, 15) is 14.4 Å². The first-order valence-corrected chi connectivity index (χ1v) is 13.6. The number of amides is 2. The maximum atomic E-state index is 13.1. The van der Waals surface area contributed by atoms with E-state index in [0.717, 1.165) is 14.9 Å². The third kappa shape index (κ3) is 7.27. The number of rotatable bonds is 9. The number of anilines is 1. The zero-order valence-electron chi connectivity index (χ0n) is 18.9. The SMILES string of the molecule is O=C(Nc1cccc(SCC(=O)c2ccc(Br)cc2)c1)/C(=C/c1ccsc1)NC(=O)c1ccccc1. The second-order valence-corrected chi connectivity index (χ2v) is 10.4. The predicted molar refractivity (Wildman–Crippen MR) is 150 cm³/mol. The molecular weight excluding hydrogens is 556 g/mol. The highest BCUT2D eigenvalue weighted by atomic mass is 79.9. The van der Waals surface area contributed by atoms with Crippen LogP contribution in [0.25, 0.3) is 6.08 Å². The number of hydrogen-bond donors (Lipinski definition) is 2. The highest BCUT2D eigenvalue weighted by Crippen LogP contribution is 2.24. The molecule has 3 aromatic carbocycles. The lowest BCUT2D eigenvalue weighted by atomic mass is 10.2. The van der Waals surface area contributed by atoms with E-state index in [1.54, 1.807) is 54.6 Å². The molecule has 0 aliphatic carbocycles. The smallest absolute Gasteiger partial charge is 0.272 e. The van der Waals surface area contributed by atoms with Gasteiger partial charge in [0.25, 0.3) is 11.8 Å². The van der Waals surface area contributed by atoms with E-state index in [-0.39, 0.29) is 23.1 Å². The summed E-state index contributed by atoms with van der Waals surface area (Å²) < 4.78 is 0.919. The molecule has 0 bridgehead atoms. The molecule has 0 saturated carbocycles. The van der Waals surface area contributed by atoms with Gasteiger partial charge in [0.2, 0.25) is 0 Å². The van der Waals surface area contributed by atoms with E-state index in [2.05, 4.69) is 26.6 Å². The molecule has 4 rings (SSSR count). The molecule has 0 aliphatic rings. The fourth-order valence-electron chi connectivity index (χ4n) is 3.20. The number of halogens is 1.